The van der Waals surface area contributed by atoms with Gasteiger partial charge in [0.15, 0.2) is 0 Å². The number of ether oxygens (including phenoxy) is 2. The van der Waals surface area contributed by atoms with E-state index in [1.165, 1.54) is 38.6 Å². The number of carbonyl (C=O) groups excluding carboxylic acids is 1. The molecule has 176 valence electrons. The lowest BCUT2D eigenvalue weighted by molar-refractivity contribution is -0.384. The van der Waals surface area contributed by atoms with Crippen molar-refractivity contribution >= 4 is 39.3 Å². The lowest BCUT2D eigenvalue weighted by Gasteiger charge is -2.12. The predicted molar refractivity (Wildman–Crippen MR) is 126 cm³/mol. The van der Waals surface area contributed by atoms with Crippen molar-refractivity contribution in [3.05, 3.63) is 88.0 Å². The van der Waals surface area contributed by atoms with Crippen molar-refractivity contribution in [1.82, 2.24) is 0 Å². The Morgan fingerprint density at radius 1 is 1.03 bits per heavy atom. The Hall–Kier alpha value is -4.45. The topological polar surface area (TPSA) is 149 Å². The van der Waals surface area contributed by atoms with E-state index in [2.05, 4.69) is 20.0 Å². The Labute approximate surface area is 195 Å². The van der Waals surface area contributed by atoms with E-state index < -0.39 is 26.6 Å². The molecule has 0 saturated carbocycles. The molecule has 0 heterocycles. The van der Waals surface area contributed by atoms with Gasteiger partial charge >= 0.3 is 5.97 Å². The van der Waals surface area contributed by atoms with Gasteiger partial charge in [0.05, 0.1) is 41.5 Å². The number of hydrogen-bond acceptors (Lipinski definition) is 9. The highest BCUT2D eigenvalue weighted by atomic mass is 32.2. The normalized spacial score (nSPS) is 11.1. The van der Waals surface area contributed by atoms with Crippen molar-refractivity contribution in [2.45, 2.75) is 4.90 Å². The molecule has 34 heavy (non-hydrogen) atoms. The van der Waals surface area contributed by atoms with Crippen molar-refractivity contribution in [1.29, 1.82) is 0 Å². The first-order valence-corrected chi connectivity index (χ1v) is 11.1. The minimum absolute atomic E-state index is 0.0105. The summed E-state index contributed by atoms with van der Waals surface area (Å²) in [6.07, 6.45) is 1.39. The van der Waals surface area contributed by atoms with Crippen LogP contribution in [0.1, 0.15) is 15.9 Å². The number of hydrazone groups is 1. The molecule has 12 heteroatoms. The molecule has 0 amide bonds. The first-order chi connectivity index (χ1) is 16.2. The highest BCUT2D eigenvalue weighted by Gasteiger charge is 2.22. The SMILES string of the molecule is COC(=O)c1ccc(/C=N\Nc2ccc(S(=O)(=O)Nc3ccccc3OC)cc2[N+](=O)[O-])cc1. The second kappa shape index (κ2) is 10.4. The van der Waals surface area contributed by atoms with Crippen LogP contribution in [0.15, 0.2) is 76.7 Å². The lowest BCUT2D eigenvalue weighted by Crippen LogP contribution is -2.14. The average Bonchev–Trinajstić information content (AvgIpc) is 2.84. The minimum Gasteiger partial charge on any atom is -0.495 e. The number of para-hydroxylation sites is 2. The fourth-order valence-corrected chi connectivity index (χ4v) is 3.95. The number of nitrogens with zero attached hydrogens (tertiary/aromatic N) is 2. The molecule has 0 fully saturated rings. The fraction of sp³-hybridized carbons (Fsp3) is 0.0909. The predicted octanol–water partition coefficient (Wildman–Crippen LogP) is 3.64. The van der Waals surface area contributed by atoms with Gasteiger partial charge in [-0.3, -0.25) is 20.3 Å². The van der Waals surface area contributed by atoms with Gasteiger partial charge in [-0.15, -0.1) is 0 Å². The van der Waals surface area contributed by atoms with Gasteiger partial charge in [0.25, 0.3) is 15.7 Å². The van der Waals surface area contributed by atoms with Crippen molar-refractivity contribution in [3.8, 4) is 5.75 Å². The molecule has 0 saturated heterocycles. The number of methoxy groups -OCH3 is 2. The van der Waals surface area contributed by atoms with E-state index in [-0.39, 0.29) is 16.3 Å². The number of anilines is 2. The van der Waals surface area contributed by atoms with Crippen LogP contribution in [-0.4, -0.2) is 39.7 Å². The van der Waals surface area contributed by atoms with Gasteiger partial charge in [-0.2, -0.15) is 5.10 Å². The summed E-state index contributed by atoms with van der Waals surface area (Å²) in [6.45, 7) is 0. The zero-order chi connectivity index (χ0) is 24.7. The monoisotopic (exact) mass is 484 g/mol. The van der Waals surface area contributed by atoms with E-state index in [9.17, 15) is 23.3 Å². The largest absolute Gasteiger partial charge is 0.495 e. The Morgan fingerprint density at radius 2 is 1.74 bits per heavy atom. The van der Waals surface area contributed by atoms with Gasteiger partial charge in [0, 0.05) is 6.07 Å². The molecule has 0 unspecified atom stereocenters. The van der Waals surface area contributed by atoms with Gasteiger partial charge in [-0.05, 0) is 42.0 Å². The van der Waals surface area contributed by atoms with Gasteiger partial charge < -0.3 is 9.47 Å². The number of hydrogen-bond donors (Lipinski definition) is 2. The number of rotatable bonds is 9. The van der Waals surface area contributed by atoms with E-state index in [1.807, 2.05) is 0 Å². The van der Waals surface area contributed by atoms with E-state index >= 15 is 0 Å². The molecule has 0 atom stereocenters. The Balaban J connectivity index is 1.80. The molecule has 11 nitrogen and oxygen atoms in total. The number of benzene rings is 3. The Bertz CT molecular complexity index is 1340. The van der Waals surface area contributed by atoms with Gasteiger partial charge in [-0.25, -0.2) is 13.2 Å². The van der Waals surface area contributed by atoms with Crippen molar-refractivity contribution < 1.29 is 27.6 Å². The number of carbonyl (C=O) groups is 1. The molecule has 0 aromatic heterocycles. The molecule has 0 spiro atoms. The van der Waals surface area contributed by atoms with Crippen LogP contribution in [0.4, 0.5) is 17.1 Å². The van der Waals surface area contributed by atoms with Crippen LogP contribution in [0.25, 0.3) is 0 Å². The third-order valence-corrected chi connectivity index (χ3v) is 5.92. The molecule has 3 aromatic carbocycles. The summed E-state index contributed by atoms with van der Waals surface area (Å²) in [5.74, 6) is -0.180. The van der Waals surface area contributed by atoms with Crippen molar-refractivity contribution in [2.75, 3.05) is 24.4 Å². The maximum Gasteiger partial charge on any atom is 0.337 e. The second-order valence-corrected chi connectivity index (χ2v) is 8.41. The summed E-state index contributed by atoms with van der Waals surface area (Å²) in [5.41, 5.74) is 3.21. The molecule has 0 aliphatic carbocycles. The van der Waals surface area contributed by atoms with Crippen LogP contribution in [0, 0.1) is 10.1 Å². The first-order valence-electron chi connectivity index (χ1n) is 9.67. The fourth-order valence-electron chi connectivity index (χ4n) is 2.86. The smallest absolute Gasteiger partial charge is 0.337 e. The molecule has 0 bridgehead atoms. The first kappa shape index (κ1) is 24.2. The van der Waals surface area contributed by atoms with Crippen molar-refractivity contribution in [2.24, 2.45) is 5.10 Å². The third-order valence-electron chi connectivity index (χ3n) is 4.56. The summed E-state index contributed by atoms with van der Waals surface area (Å²) in [5, 5.41) is 15.5. The van der Waals surface area contributed by atoms with Crippen LogP contribution in [-0.2, 0) is 14.8 Å². The van der Waals surface area contributed by atoms with E-state index in [0.717, 1.165) is 6.07 Å². The summed E-state index contributed by atoms with van der Waals surface area (Å²) in [4.78, 5) is 22.0. The second-order valence-electron chi connectivity index (χ2n) is 6.73. The summed E-state index contributed by atoms with van der Waals surface area (Å²) < 4.78 is 37.7. The van der Waals surface area contributed by atoms with Gasteiger partial charge in [0.1, 0.15) is 11.4 Å². The van der Waals surface area contributed by atoms with Crippen LogP contribution in [0.3, 0.4) is 0 Å². The molecule has 3 aromatic rings. The molecule has 0 radical (unpaired) electrons. The summed E-state index contributed by atoms with van der Waals surface area (Å²) in [6, 6.07) is 16.1. The number of nitro groups is 1. The highest BCUT2D eigenvalue weighted by molar-refractivity contribution is 7.92. The molecular formula is C22H20N4O7S. The molecule has 0 aliphatic heterocycles. The number of sulfonamides is 1. The summed E-state index contributed by atoms with van der Waals surface area (Å²) >= 11 is 0. The number of esters is 1. The lowest BCUT2D eigenvalue weighted by atomic mass is 10.1. The zero-order valence-corrected chi connectivity index (χ0v) is 18.9. The van der Waals surface area contributed by atoms with E-state index in [1.54, 1.807) is 42.5 Å². The van der Waals surface area contributed by atoms with Crippen molar-refractivity contribution in [3.63, 3.8) is 0 Å². The maximum absolute atomic E-state index is 12.8. The van der Waals surface area contributed by atoms with E-state index in [0.29, 0.717) is 16.9 Å². The Morgan fingerprint density at radius 3 is 2.38 bits per heavy atom. The number of nitrogens with one attached hydrogen (secondary N) is 2. The van der Waals surface area contributed by atoms with Gasteiger partial charge in [0.2, 0.25) is 0 Å². The average molecular weight is 484 g/mol. The number of nitro benzene ring substituents is 1. The molecule has 0 aliphatic rings. The van der Waals surface area contributed by atoms with Crippen LogP contribution in [0.2, 0.25) is 0 Å². The summed E-state index contributed by atoms with van der Waals surface area (Å²) in [7, 11) is -1.46. The van der Waals surface area contributed by atoms with Crippen LogP contribution < -0.4 is 14.9 Å². The van der Waals surface area contributed by atoms with E-state index in [4.69, 9.17) is 4.74 Å². The standard InChI is InChI=1S/C22H20N4O7S/c1-32-21-6-4-3-5-19(21)25-34(30,31)17-11-12-18(20(13-17)26(28)29)24-23-14-15-7-9-16(10-8-15)22(27)33-2/h3-14,24-25H,1-2H3/b23-14-. The maximum atomic E-state index is 12.8. The molecular weight excluding hydrogens is 464 g/mol. The zero-order valence-electron chi connectivity index (χ0n) is 18.1. The highest BCUT2D eigenvalue weighted by Crippen LogP contribution is 2.30. The van der Waals surface area contributed by atoms with Crippen LogP contribution >= 0.6 is 0 Å². The Kier molecular flexibility index (Phi) is 7.43. The molecule has 2 N–H and O–H groups in total. The quantitative estimate of drug-likeness (QED) is 0.202. The van der Waals surface area contributed by atoms with Crippen LogP contribution in [0.5, 0.6) is 5.75 Å². The molecule has 3 rings (SSSR count). The minimum atomic E-state index is -4.13. The third kappa shape index (κ3) is 5.66. The van der Waals surface area contributed by atoms with Gasteiger partial charge in [-0.1, -0.05) is 24.3 Å².